The van der Waals surface area contributed by atoms with Crippen LogP contribution < -0.4 is 5.32 Å². The molecule has 0 spiro atoms. The predicted octanol–water partition coefficient (Wildman–Crippen LogP) is 3.03. The summed E-state index contributed by atoms with van der Waals surface area (Å²) >= 11 is 0. The first-order valence-electron chi connectivity index (χ1n) is 7.62. The zero-order valence-electron chi connectivity index (χ0n) is 12.0. The average Bonchev–Trinajstić information content (AvgIpc) is 2.54. The monoisotopic (exact) mass is 238 g/mol. The normalized spacial score (nSPS) is 41.1. The summed E-state index contributed by atoms with van der Waals surface area (Å²) < 4.78 is 0. The van der Waals surface area contributed by atoms with E-state index in [1.807, 2.05) is 0 Å². The minimum Gasteiger partial charge on any atom is -0.309 e. The molecule has 2 heteroatoms. The van der Waals surface area contributed by atoms with Gasteiger partial charge in [0, 0.05) is 31.2 Å². The van der Waals surface area contributed by atoms with Gasteiger partial charge in [-0.05, 0) is 38.5 Å². The Bertz CT molecular complexity index is 241. The van der Waals surface area contributed by atoms with E-state index in [4.69, 9.17) is 0 Å². The summed E-state index contributed by atoms with van der Waals surface area (Å²) in [5, 5.41) is 3.70. The maximum Gasteiger partial charge on any atom is 0.0278 e. The van der Waals surface area contributed by atoms with Crippen LogP contribution in [0.2, 0.25) is 0 Å². The van der Waals surface area contributed by atoms with Crippen molar-refractivity contribution in [1.29, 1.82) is 0 Å². The summed E-state index contributed by atoms with van der Waals surface area (Å²) in [6, 6.07) is 0.868. The van der Waals surface area contributed by atoms with Crippen molar-refractivity contribution in [3.63, 3.8) is 0 Å². The highest BCUT2D eigenvalue weighted by Gasteiger charge is 2.32. The Balaban J connectivity index is 1.92. The van der Waals surface area contributed by atoms with Crippen LogP contribution in [0.5, 0.6) is 0 Å². The van der Waals surface area contributed by atoms with Gasteiger partial charge >= 0.3 is 0 Å². The molecule has 3 unspecified atom stereocenters. The second-order valence-electron chi connectivity index (χ2n) is 6.58. The van der Waals surface area contributed by atoms with Gasteiger partial charge in [-0.3, -0.25) is 4.90 Å². The zero-order valence-corrected chi connectivity index (χ0v) is 12.0. The topological polar surface area (TPSA) is 15.3 Å². The van der Waals surface area contributed by atoms with Crippen molar-refractivity contribution in [2.75, 3.05) is 19.6 Å². The molecule has 2 rings (SSSR count). The van der Waals surface area contributed by atoms with E-state index >= 15 is 0 Å². The van der Waals surface area contributed by atoms with Gasteiger partial charge in [-0.15, -0.1) is 0 Å². The number of hydrogen-bond donors (Lipinski definition) is 1. The molecule has 1 heterocycles. The molecule has 2 fully saturated rings. The van der Waals surface area contributed by atoms with Crippen LogP contribution in [0.1, 0.15) is 59.3 Å². The molecule has 0 radical (unpaired) electrons. The molecule has 1 saturated carbocycles. The first-order chi connectivity index (χ1) is 8.13. The second-order valence-corrected chi connectivity index (χ2v) is 6.58. The third kappa shape index (κ3) is 3.45. The third-order valence-electron chi connectivity index (χ3n) is 5.03. The minimum absolute atomic E-state index is 0.357. The fourth-order valence-electron chi connectivity index (χ4n) is 3.47. The number of nitrogens with one attached hydrogen (secondary N) is 1. The SMILES string of the molecule is CCC1(C)CN(C2CCCC(C)CC2)CCN1. The molecule has 1 aliphatic heterocycles. The van der Waals surface area contributed by atoms with Crippen molar-refractivity contribution in [3.05, 3.63) is 0 Å². The van der Waals surface area contributed by atoms with E-state index in [0.717, 1.165) is 12.0 Å². The maximum absolute atomic E-state index is 3.70. The fourth-order valence-corrected chi connectivity index (χ4v) is 3.47. The van der Waals surface area contributed by atoms with E-state index < -0.39 is 0 Å². The molecule has 2 nitrogen and oxygen atoms in total. The molecule has 100 valence electrons. The first-order valence-corrected chi connectivity index (χ1v) is 7.62. The van der Waals surface area contributed by atoms with E-state index in [0.29, 0.717) is 5.54 Å². The summed E-state index contributed by atoms with van der Waals surface area (Å²) in [4.78, 5) is 2.78. The Morgan fingerprint density at radius 1 is 1.24 bits per heavy atom. The maximum atomic E-state index is 3.70. The third-order valence-corrected chi connectivity index (χ3v) is 5.03. The van der Waals surface area contributed by atoms with Crippen molar-refractivity contribution in [2.24, 2.45) is 5.92 Å². The van der Waals surface area contributed by atoms with Crippen molar-refractivity contribution in [1.82, 2.24) is 10.2 Å². The van der Waals surface area contributed by atoms with E-state index in [9.17, 15) is 0 Å². The van der Waals surface area contributed by atoms with Crippen LogP contribution in [0.15, 0.2) is 0 Å². The van der Waals surface area contributed by atoms with E-state index in [-0.39, 0.29) is 0 Å². The Kier molecular flexibility index (Phi) is 4.48. The lowest BCUT2D eigenvalue weighted by Gasteiger charge is -2.44. The molecule has 3 atom stereocenters. The van der Waals surface area contributed by atoms with Gasteiger partial charge in [0.15, 0.2) is 0 Å². The highest BCUT2D eigenvalue weighted by molar-refractivity contribution is 4.92. The van der Waals surface area contributed by atoms with Crippen LogP contribution in [0.3, 0.4) is 0 Å². The van der Waals surface area contributed by atoms with Crippen LogP contribution in [0.4, 0.5) is 0 Å². The lowest BCUT2D eigenvalue weighted by molar-refractivity contribution is 0.0894. The van der Waals surface area contributed by atoms with Crippen LogP contribution in [0.25, 0.3) is 0 Å². The van der Waals surface area contributed by atoms with Gasteiger partial charge in [0.2, 0.25) is 0 Å². The van der Waals surface area contributed by atoms with Gasteiger partial charge in [0.05, 0.1) is 0 Å². The molecular weight excluding hydrogens is 208 g/mol. The molecule has 1 N–H and O–H groups in total. The number of piperazine rings is 1. The summed E-state index contributed by atoms with van der Waals surface area (Å²) in [5.41, 5.74) is 0.357. The van der Waals surface area contributed by atoms with Crippen LogP contribution in [0, 0.1) is 5.92 Å². The molecule has 17 heavy (non-hydrogen) atoms. The van der Waals surface area contributed by atoms with Gasteiger partial charge in [0.1, 0.15) is 0 Å². The summed E-state index contributed by atoms with van der Waals surface area (Å²) in [7, 11) is 0. The van der Waals surface area contributed by atoms with Crippen LogP contribution >= 0.6 is 0 Å². The van der Waals surface area contributed by atoms with Crippen molar-refractivity contribution in [3.8, 4) is 0 Å². The predicted molar refractivity (Wildman–Crippen MR) is 74.3 cm³/mol. The second kappa shape index (κ2) is 5.71. The lowest BCUT2D eigenvalue weighted by atomic mass is 9.93. The van der Waals surface area contributed by atoms with Gasteiger partial charge in [-0.2, -0.15) is 0 Å². The standard InChI is InChI=1S/C15H30N2/c1-4-15(3)12-17(11-10-16-15)14-7-5-6-13(2)8-9-14/h13-14,16H,4-12H2,1-3H3. The van der Waals surface area contributed by atoms with Crippen molar-refractivity contribution >= 4 is 0 Å². The van der Waals surface area contributed by atoms with Crippen LogP contribution in [-0.4, -0.2) is 36.1 Å². The summed E-state index contributed by atoms with van der Waals surface area (Å²) in [6.45, 7) is 10.8. The Morgan fingerprint density at radius 3 is 2.82 bits per heavy atom. The van der Waals surface area contributed by atoms with Gasteiger partial charge in [-0.1, -0.05) is 26.7 Å². The lowest BCUT2D eigenvalue weighted by Crippen LogP contribution is -2.60. The van der Waals surface area contributed by atoms with Gasteiger partial charge in [-0.25, -0.2) is 0 Å². The summed E-state index contributed by atoms with van der Waals surface area (Å²) in [6.07, 6.45) is 8.45. The molecule has 0 aromatic rings. The first kappa shape index (κ1) is 13.4. The molecule has 1 aliphatic carbocycles. The Hall–Kier alpha value is -0.0800. The van der Waals surface area contributed by atoms with Crippen LogP contribution in [-0.2, 0) is 0 Å². The van der Waals surface area contributed by atoms with E-state index in [2.05, 4.69) is 31.0 Å². The minimum atomic E-state index is 0.357. The summed E-state index contributed by atoms with van der Waals surface area (Å²) in [5.74, 6) is 0.959. The fraction of sp³-hybridized carbons (Fsp3) is 1.00. The number of hydrogen-bond acceptors (Lipinski definition) is 2. The number of rotatable bonds is 2. The van der Waals surface area contributed by atoms with E-state index in [1.54, 1.807) is 0 Å². The van der Waals surface area contributed by atoms with Crippen molar-refractivity contribution in [2.45, 2.75) is 70.9 Å². The quantitative estimate of drug-likeness (QED) is 0.744. The molecule has 0 amide bonds. The highest BCUT2D eigenvalue weighted by Crippen LogP contribution is 2.28. The molecule has 2 aliphatic rings. The molecule has 0 aromatic heterocycles. The van der Waals surface area contributed by atoms with Gasteiger partial charge in [0.25, 0.3) is 0 Å². The largest absolute Gasteiger partial charge is 0.309 e. The van der Waals surface area contributed by atoms with Gasteiger partial charge < -0.3 is 5.32 Å². The molecular formula is C15H30N2. The Morgan fingerprint density at radius 2 is 2.06 bits per heavy atom. The average molecular weight is 238 g/mol. The molecule has 0 bridgehead atoms. The molecule has 1 saturated heterocycles. The Labute approximate surface area is 107 Å². The number of nitrogens with zero attached hydrogens (tertiary/aromatic N) is 1. The zero-order chi connectivity index (χ0) is 12.3. The highest BCUT2D eigenvalue weighted by atomic mass is 15.2. The van der Waals surface area contributed by atoms with E-state index in [1.165, 1.54) is 58.2 Å². The molecule has 0 aromatic carbocycles. The van der Waals surface area contributed by atoms with Crippen molar-refractivity contribution < 1.29 is 0 Å². The smallest absolute Gasteiger partial charge is 0.0278 e.